The van der Waals surface area contributed by atoms with Crippen LogP contribution >= 0.6 is 15.9 Å². The molecule has 0 radical (unpaired) electrons. The van der Waals surface area contributed by atoms with E-state index in [2.05, 4.69) is 35.0 Å². The number of rotatable bonds is 6. The molecule has 0 bridgehead atoms. The van der Waals surface area contributed by atoms with Crippen LogP contribution in [-0.4, -0.2) is 11.1 Å². The van der Waals surface area contributed by atoms with Crippen LogP contribution < -0.4 is 0 Å². The zero-order valence-corrected chi connectivity index (χ0v) is 11.6. The second kappa shape index (κ2) is 6.19. The third-order valence-electron chi connectivity index (χ3n) is 3.25. The lowest BCUT2D eigenvalue weighted by Crippen LogP contribution is -2.30. The Morgan fingerprint density at radius 1 is 1.25 bits per heavy atom. The van der Waals surface area contributed by atoms with E-state index in [-0.39, 0.29) is 11.2 Å². The van der Waals surface area contributed by atoms with Gasteiger partial charge in [0, 0.05) is 5.33 Å². The van der Waals surface area contributed by atoms with E-state index in [4.69, 9.17) is 0 Å². The number of Topliss-reactive ketones (excluding diaryl/α,β-unsaturated/α-hetero) is 1. The molecule has 1 nitrogen and oxygen atoms in total. The van der Waals surface area contributed by atoms with Crippen LogP contribution in [0.1, 0.15) is 38.7 Å². The molecule has 0 heterocycles. The molecule has 0 fully saturated rings. The lowest BCUT2D eigenvalue weighted by molar-refractivity contribution is -0.122. The van der Waals surface area contributed by atoms with Crippen LogP contribution in [0.5, 0.6) is 0 Å². The first-order valence-electron chi connectivity index (χ1n) is 5.74. The van der Waals surface area contributed by atoms with Gasteiger partial charge in [-0.2, -0.15) is 0 Å². The van der Waals surface area contributed by atoms with Crippen molar-refractivity contribution in [3.05, 3.63) is 35.9 Å². The van der Waals surface area contributed by atoms with Gasteiger partial charge < -0.3 is 0 Å². The van der Waals surface area contributed by atoms with Gasteiger partial charge in [0.25, 0.3) is 0 Å². The summed E-state index contributed by atoms with van der Waals surface area (Å²) in [6, 6.07) is 10.1. The Balaban J connectivity index is 2.85. The lowest BCUT2D eigenvalue weighted by atomic mass is 9.75. The van der Waals surface area contributed by atoms with Gasteiger partial charge in [0.2, 0.25) is 0 Å². The number of carbonyl (C=O) groups excluding carboxylic acids is 1. The molecule has 1 atom stereocenters. The summed E-state index contributed by atoms with van der Waals surface area (Å²) in [7, 11) is 0. The van der Waals surface area contributed by atoms with Crippen LogP contribution in [0.3, 0.4) is 0 Å². The molecular weight excluding hydrogens is 264 g/mol. The molecule has 0 aromatic heterocycles. The van der Waals surface area contributed by atoms with Crippen molar-refractivity contribution >= 4 is 21.7 Å². The summed E-state index contributed by atoms with van der Waals surface area (Å²) in [5, 5.41) is 1.01. The third-order valence-corrected chi connectivity index (χ3v) is 3.81. The van der Waals surface area contributed by atoms with Crippen molar-refractivity contribution < 1.29 is 4.79 Å². The van der Waals surface area contributed by atoms with Crippen LogP contribution in [0.4, 0.5) is 0 Å². The molecule has 1 rings (SSSR count). The minimum absolute atomic E-state index is 0.258. The summed E-state index contributed by atoms with van der Waals surface area (Å²) < 4.78 is 0. The fourth-order valence-electron chi connectivity index (χ4n) is 1.90. The van der Waals surface area contributed by atoms with E-state index in [0.29, 0.717) is 0 Å². The summed E-state index contributed by atoms with van der Waals surface area (Å²) in [6.07, 6.45) is 3.13. The standard InChI is InChI=1S/C14H19BrO/c1-12(16)14(2,10-6-7-11-15)13-8-4-3-5-9-13/h3-5,8-9H,6-7,10-11H2,1-2H3. The fraction of sp³-hybridized carbons (Fsp3) is 0.500. The quantitative estimate of drug-likeness (QED) is 0.567. The Bertz CT molecular complexity index is 334. The highest BCUT2D eigenvalue weighted by molar-refractivity contribution is 9.09. The minimum atomic E-state index is -0.316. The topological polar surface area (TPSA) is 17.1 Å². The van der Waals surface area contributed by atoms with Gasteiger partial charge in [0.15, 0.2) is 0 Å². The maximum atomic E-state index is 11.8. The number of halogens is 1. The first-order valence-corrected chi connectivity index (χ1v) is 6.86. The van der Waals surface area contributed by atoms with Crippen molar-refractivity contribution in [3.8, 4) is 0 Å². The first-order chi connectivity index (χ1) is 7.61. The molecule has 88 valence electrons. The number of carbonyl (C=O) groups is 1. The van der Waals surface area contributed by atoms with Gasteiger partial charge >= 0.3 is 0 Å². The van der Waals surface area contributed by atoms with Crippen molar-refractivity contribution in [2.24, 2.45) is 0 Å². The van der Waals surface area contributed by atoms with E-state index in [0.717, 1.165) is 30.2 Å². The van der Waals surface area contributed by atoms with Gasteiger partial charge in [-0.25, -0.2) is 0 Å². The smallest absolute Gasteiger partial charge is 0.140 e. The highest BCUT2D eigenvalue weighted by atomic mass is 79.9. The van der Waals surface area contributed by atoms with Crippen LogP contribution in [0.15, 0.2) is 30.3 Å². The predicted octanol–water partition coefficient (Wildman–Crippen LogP) is 4.10. The molecule has 2 heteroatoms. The van der Waals surface area contributed by atoms with Crippen molar-refractivity contribution in [2.75, 3.05) is 5.33 Å². The molecule has 0 aliphatic heterocycles. The molecular formula is C14H19BrO. The zero-order valence-electron chi connectivity index (χ0n) is 10.0. The van der Waals surface area contributed by atoms with Crippen LogP contribution in [0, 0.1) is 0 Å². The summed E-state index contributed by atoms with van der Waals surface area (Å²) in [5.74, 6) is 0.258. The SMILES string of the molecule is CC(=O)C(C)(CCCCBr)c1ccccc1. The number of unbranched alkanes of at least 4 members (excludes halogenated alkanes) is 1. The normalized spacial score (nSPS) is 14.4. The molecule has 1 aromatic carbocycles. The molecule has 0 aliphatic carbocycles. The highest BCUT2D eigenvalue weighted by Crippen LogP contribution is 2.30. The molecule has 1 aromatic rings. The Morgan fingerprint density at radius 3 is 2.38 bits per heavy atom. The summed E-state index contributed by atoms with van der Waals surface area (Å²) in [6.45, 7) is 3.75. The highest BCUT2D eigenvalue weighted by Gasteiger charge is 2.30. The van der Waals surface area contributed by atoms with Gasteiger partial charge in [-0.15, -0.1) is 0 Å². The van der Waals surface area contributed by atoms with Gasteiger partial charge in [0.05, 0.1) is 5.41 Å². The van der Waals surface area contributed by atoms with Crippen LogP contribution in [-0.2, 0) is 10.2 Å². The monoisotopic (exact) mass is 282 g/mol. The molecule has 0 saturated carbocycles. The van der Waals surface area contributed by atoms with Gasteiger partial charge in [-0.1, -0.05) is 52.7 Å². The number of hydrogen-bond donors (Lipinski definition) is 0. The molecule has 0 aliphatic rings. The van der Waals surface area contributed by atoms with Crippen molar-refractivity contribution in [2.45, 2.75) is 38.5 Å². The summed E-state index contributed by atoms with van der Waals surface area (Å²) in [4.78, 5) is 11.8. The van der Waals surface area contributed by atoms with E-state index >= 15 is 0 Å². The van der Waals surface area contributed by atoms with Gasteiger partial charge in [0.1, 0.15) is 5.78 Å². The third kappa shape index (κ3) is 3.18. The molecule has 0 N–H and O–H groups in total. The molecule has 0 spiro atoms. The Labute approximate surface area is 106 Å². The molecule has 0 saturated heterocycles. The van der Waals surface area contributed by atoms with Gasteiger partial charge in [-0.3, -0.25) is 4.79 Å². The first kappa shape index (κ1) is 13.4. The van der Waals surface area contributed by atoms with Crippen LogP contribution in [0.2, 0.25) is 0 Å². The van der Waals surface area contributed by atoms with Crippen LogP contribution in [0.25, 0.3) is 0 Å². The molecule has 16 heavy (non-hydrogen) atoms. The number of benzene rings is 1. The average molecular weight is 283 g/mol. The van der Waals surface area contributed by atoms with E-state index in [1.165, 1.54) is 0 Å². The van der Waals surface area contributed by atoms with E-state index in [1.54, 1.807) is 6.92 Å². The predicted molar refractivity (Wildman–Crippen MR) is 72.1 cm³/mol. The maximum Gasteiger partial charge on any atom is 0.140 e. The Morgan fingerprint density at radius 2 is 1.88 bits per heavy atom. The van der Waals surface area contributed by atoms with Crippen molar-refractivity contribution in [3.63, 3.8) is 0 Å². The van der Waals surface area contributed by atoms with Gasteiger partial charge in [-0.05, 0) is 32.3 Å². The Kier molecular flexibility index (Phi) is 5.20. The number of alkyl halides is 1. The Hall–Kier alpha value is -0.630. The average Bonchev–Trinajstić information content (AvgIpc) is 2.30. The van der Waals surface area contributed by atoms with Crippen molar-refractivity contribution in [1.82, 2.24) is 0 Å². The molecule has 1 unspecified atom stereocenters. The van der Waals surface area contributed by atoms with E-state index < -0.39 is 0 Å². The lowest BCUT2D eigenvalue weighted by Gasteiger charge is -2.27. The number of hydrogen-bond acceptors (Lipinski definition) is 1. The summed E-state index contributed by atoms with van der Waals surface area (Å²) in [5.41, 5.74) is 0.820. The minimum Gasteiger partial charge on any atom is -0.299 e. The second-order valence-electron chi connectivity index (χ2n) is 4.40. The van der Waals surface area contributed by atoms with E-state index in [9.17, 15) is 4.79 Å². The zero-order chi connectivity index (χ0) is 12.0. The fourth-order valence-corrected chi connectivity index (χ4v) is 2.30. The number of ketones is 1. The molecule has 0 amide bonds. The second-order valence-corrected chi connectivity index (χ2v) is 5.19. The largest absolute Gasteiger partial charge is 0.299 e. The maximum absolute atomic E-state index is 11.8. The summed E-state index contributed by atoms with van der Waals surface area (Å²) >= 11 is 3.43. The van der Waals surface area contributed by atoms with Crippen molar-refractivity contribution in [1.29, 1.82) is 0 Å². The van der Waals surface area contributed by atoms with E-state index in [1.807, 2.05) is 18.2 Å².